The molecule has 0 bridgehead atoms. The van der Waals surface area contributed by atoms with Gasteiger partial charge in [-0.05, 0) is 36.5 Å². The van der Waals surface area contributed by atoms with Crippen LogP contribution in [-0.4, -0.2) is 69.9 Å². The number of phenolic OH excluding ortho intramolecular Hbond substituents is 1. The minimum absolute atomic E-state index is 0.0133. The topological polar surface area (TPSA) is 257 Å². The fraction of sp³-hybridized carbons (Fsp3) is 0.520. The molecule has 14 heteroatoms. The molecule has 0 heterocycles. The number of benzene rings is 1. The normalized spacial score (nSPS) is 14.6. The van der Waals surface area contributed by atoms with Gasteiger partial charge in [-0.3, -0.25) is 24.0 Å². The Labute approximate surface area is 226 Å². The summed E-state index contributed by atoms with van der Waals surface area (Å²) in [4.78, 5) is 73.0. The van der Waals surface area contributed by atoms with Gasteiger partial charge in [0, 0.05) is 19.3 Å². The van der Waals surface area contributed by atoms with E-state index in [9.17, 15) is 39.0 Å². The highest BCUT2D eigenvalue weighted by molar-refractivity contribution is 5.94. The molecule has 0 aliphatic heterocycles. The zero-order chi connectivity index (χ0) is 29.7. The third-order valence-corrected chi connectivity index (χ3v) is 6.13. The summed E-state index contributed by atoms with van der Waals surface area (Å²) in [5.41, 5.74) is 16.6. The third kappa shape index (κ3) is 11.8. The van der Waals surface area contributed by atoms with Gasteiger partial charge in [0.05, 0.1) is 6.04 Å². The first-order valence-electron chi connectivity index (χ1n) is 12.5. The van der Waals surface area contributed by atoms with Crippen LogP contribution in [0.2, 0.25) is 0 Å². The number of carbonyl (C=O) groups excluding carboxylic acids is 5. The summed E-state index contributed by atoms with van der Waals surface area (Å²) in [5, 5.41) is 26.4. The van der Waals surface area contributed by atoms with E-state index in [0.29, 0.717) is 12.0 Å². The molecule has 5 atom stereocenters. The number of carbonyl (C=O) groups is 6. The molecule has 0 saturated heterocycles. The summed E-state index contributed by atoms with van der Waals surface area (Å²) in [6.07, 6.45) is -0.326. The lowest BCUT2D eigenvalue weighted by molar-refractivity contribution is -0.142. The first-order valence-corrected chi connectivity index (χ1v) is 12.5. The van der Waals surface area contributed by atoms with Crippen LogP contribution in [0, 0.1) is 5.92 Å². The van der Waals surface area contributed by atoms with E-state index >= 15 is 0 Å². The lowest BCUT2D eigenvalue weighted by Gasteiger charge is -2.28. The second-order valence-electron chi connectivity index (χ2n) is 9.32. The fourth-order valence-electron chi connectivity index (χ4n) is 3.55. The Kier molecular flexibility index (Phi) is 13.4. The molecule has 14 nitrogen and oxygen atoms in total. The smallest absolute Gasteiger partial charge is 0.326 e. The summed E-state index contributed by atoms with van der Waals surface area (Å²) in [6.45, 7) is 3.47. The van der Waals surface area contributed by atoms with Gasteiger partial charge in [0.2, 0.25) is 29.5 Å². The Bertz CT molecular complexity index is 1030. The van der Waals surface area contributed by atoms with Crippen molar-refractivity contribution < 1.29 is 39.0 Å². The number of phenols is 1. The van der Waals surface area contributed by atoms with E-state index in [1.54, 1.807) is 13.8 Å². The quantitative estimate of drug-likeness (QED) is 0.111. The molecule has 0 aliphatic carbocycles. The number of carboxylic acid groups (broad SMARTS) is 1. The number of hydrogen-bond donors (Lipinski definition) is 8. The Hall–Kier alpha value is -4.20. The molecule has 0 spiro atoms. The number of hydrogen-bond acceptors (Lipinski definition) is 8. The highest BCUT2D eigenvalue weighted by atomic mass is 16.4. The number of aromatic hydroxyl groups is 1. The summed E-state index contributed by atoms with van der Waals surface area (Å²) in [5.74, 6) is -5.46. The number of aliphatic carboxylic acids is 1. The first-order chi connectivity index (χ1) is 18.2. The van der Waals surface area contributed by atoms with Gasteiger partial charge in [-0.2, -0.15) is 0 Å². The Morgan fingerprint density at radius 1 is 0.821 bits per heavy atom. The Morgan fingerprint density at radius 3 is 1.87 bits per heavy atom. The third-order valence-electron chi connectivity index (χ3n) is 6.13. The molecule has 0 radical (unpaired) electrons. The van der Waals surface area contributed by atoms with Crippen LogP contribution in [-0.2, 0) is 35.2 Å². The van der Waals surface area contributed by atoms with Crippen LogP contribution < -0.4 is 33.2 Å². The van der Waals surface area contributed by atoms with Crippen molar-refractivity contribution in [3.05, 3.63) is 29.8 Å². The number of nitrogens with one attached hydrogen (secondary N) is 3. The van der Waals surface area contributed by atoms with Gasteiger partial charge in [0.25, 0.3) is 0 Å². The Balaban J connectivity index is 3.06. The second-order valence-corrected chi connectivity index (χ2v) is 9.32. The molecule has 0 aromatic heterocycles. The zero-order valence-electron chi connectivity index (χ0n) is 22.0. The molecule has 5 amide bonds. The summed E-state index contributed by atoms with van der Waals surface area (Å²) in [6, 6.07) is 0.765. The van der Waals surface area contributed by atoms with Crippen molar-refractivity contribution in [2.75, 3.05) is 0 Å². The van der Waals surface area contributed by atoms with Crippen LogP contribution in [0.15, 0.2) is 24.3 Å². The molecule has 0 aliphatic rings. The second kappa shape index (κ2) is 15.9. The van der Waals surface area contributed by atoms with Crippen LogP contribution in [0.25, 0.3) is 0 Å². The predicted octanol–water partition coefficient (Wildman–Crippen LogP) is -1.62. The van der Waals surface area contributed by atoms with Crippen LogP contribution in [0.5, 0.6) is 5.75 Å². The predicted molar refractivity (Wildman–Crippen MR) is 140 cm³/mol. The minimum Gasteiger partial charge on any atom is -0.508 e. The lowest BCUT2D eigenvalue weighted by Crippen LogP contribution is -2.58. The van der Waals surface area contributed by atoms with Crippen molar-refractivity contribution in [1.29, 1.82) is 0 Å². The van der Waals surface area contributed by atoms with Crippen LogP contribution in [0.3, 0.4) is 0 Å². The summed E-state index contributed by atoms with van der Waals surface area (Å²) >= 11 is 0. The van der Waals surface area contributed by atoms with E-state index in [0.717, 1.165) is 0 Å². The fourth-order valence-corrected chi connectivity index (χ4v) is 3.55. The molecule has 5 unspecified atom stereocenters. The van der Waals surface area contributed by atoms with Gasteiger partial charge in [-0.25, -0.2) is 4.79 Å². The molecule has 39 heavy (non-hydrogen) atoms. The summed E-state index contributed by atoms with van der Waals surface area (Å²) < 4.78 is 0. The SMILES string of the molecule is CCC(C)C(NC(=O)C(N)CCC(N)=O)C(=O)NC(CCC(N)=O)C(=O)NC(Cc1ccc(O)cc1)C(=O)O. The highest BCUT2D eigenvalue weighted by Crippen LogP contribution is 2.13. The van der Waals surface area contributed by atoms with Gasteiger partial charge < -0.3 is 43.4 Å². The lowest BCUT2D eigenvalue weighted by atomic mass is 9.96. The molecule has 1 aromatic rings. The van der Waals surface area contributed by atoms with Crippen molar-refractivity contribution in [2.45, 2.75) is 76.5 Å². The van der Waals surface area contributed by atoms with E-state index in [-0.39, 0.29) is 37.9 Å². The van der Waals surface area contributed by atoms with Crippen molar-refractivity contribution in [3.8, 4) is 5.75 Å². The van der Waals surface area contributed by atoms with E-state index in [1.807, 2.05) is 0 Å². The maximum absolute atomic E-state index is 13.2. The minimum atomic E-state index is -1.39. The van der Waals surface area contributed by atoms with Crippen molar-refractivity contribution >= 4 is 35.5 Å². The van der Waals surface area contributed by atoms with Gasteiger partial charge in [-0.15, -0.1) is 0 Å². The van der Waals surface area contributed by atoms with E-state index in [2.05, 4.69) is 16.0 Å². The number of nitrogens with two attached hydrogens (primary N) is 3. The van der Waals surface area contributed by atoms with Crippen LogP contribution in [0.4, 0.5) is 0 Å². The molecule has 1 rings (SSSR count). The van der Waals surface area contributed by atoms with Crippen LogP contribution >= 0.6 is 0 Å². The molecule has 0 saturated carbocycles. The highest BCUT2D eigenvalue weighted by Gasteiger charge is 2.32. The molecular weight excluding hydrogens is 512 g/mol. The number of amides is 5. The molecule has 216 valence electrons. The molecule has 0 fully saturated rings. The maximum Gasteiger partial charge on any atom is 0.326 e. The Morgan fingerprint density at radius 2 is 1.36 bits per heavy atom. The average molecular weight is 551 g/mol. The van der Waals surface area contributed by atoms with Gasteiger partial charge in [0.1, 0.15) is 23.9 Å². The zero-order valence-corrected chi connectivity index (χ0v) is 22.0. The van der Waals surface area contributed by atoms with Gasteiger partial charge >= 0.3 is 5.97 Å². The van der Waals surface area contributed by atoms with E-state index in [4.69, 9.17) is 17.2 Å². The van der Waals surface area contributed by atoms with Gasteiger partial charge in [0.15, 0.2) is 0 Å². The van der Waals surface area contributed by atoms with Crippen molar-refractivity contribution in [3.63, 3.8) is 0 Å². The van der Waals surface area contributed by atoms with E-state index in [1.165, 1.54) is 24.3 Å². The molecule has 11 N–H and O–H groups in total. The monoisotopic (exact) mass is 550 g/mol. The first kappa shape index (κ1) is 32.8. The maximum atomic E-state index is 13.2. The summed E-state index contributed by atoms with van der Waals surface area (Å²) in [7, 11) is 0. The van der Waals surface area contributed by atoms with Crippen molar-refractivity contribution in [2.24, 2.45) is 23.1 Å². The van der Waals surface area contributed by atoms with E-state index < -0.39 is 65.6 Å². The number of primary amides is 2. The molecular formula is C25H38N6O8. The standard InChI is InChI=1S/C25H38N6O8/c1-3-13(2)21(31-22(35)16(26)8-10-19(27)33)24(37)29-17(9-11-20(28)34)23(36)30-18(25(38)39)12-14-4-6-15(32)7-5-14/h4-7,13,16-18,21,32H,3,8-12,26H2,1-2H3,(H2,27,33)(H2,28,34)(H,29,37)(H,30,36)(H,31,35)(H,38,39). The largest absolute Gasteiger partial charge is 0.508 e. The van der Waals surface area contributed by atoms with Gasteiger partial charge in [-0.1, -0.05) is 32.4 Å². The molecule has 1 aromatic carbocycles. The average Bonchev–Trinajstić information content (AvgIpc) is 2.87. The van der Waals surface area contributed by atoms with Crippen molar-refractivity contribution in [1.82, 2.24) is 16.0 Å². The number of carboxylic acids is 1. The van der Waals surface area contributed by atoms with Crippen LogP contribution in [0.1, 0.15) is 51.5 Å². The number of rotatable bonds is 17.